The van der Waals surface area contributed by atoms with Gasteiger partial charge in [0, 0.05) is 35.7 Å². The van der Waals surface area contributed by atoms with Crippen LogP contribution in [0.4, 0.5) is 17.3 Å². The number of hydrogen-bond donors (Lipinski definition) is 2. The molecular formula is C24H27N5O. The number of primary amides is 1. The van der Waals surface area contributed by atoms with Gasteiger partial charge in [-0.3, -0.25) is 4.79 Å². The van der Waals surface area contributed by atoms with Crippen molar-refractivity contribution in [3.63, 3.8) is 0 Å². The lowest BCUT2D eigenvalue weighted by atomic mass is 10.0. The molecule has 0 aliphatic carbocycles. The van der Waals surface area contributed by atoms with Gasteiger partial charge < -0.3 is 16.0 Å². The molecule has 1 saturated heterocycles. The summed E-state index contributed by atoms with van der Waals surface area (Å²) in [5, 5.41) is 3.29. The van der Waals surface area contributed by atoms with Crippen molar-refractivity contribution in [3.05, 3.63) is 66.4 Å². The average Bonchev–Trinajstić information content (AvgIpc) is 2.75. The highest BCUT2D eigenvalue weighted by atomic mass is 16.1. The summed E-state index contributed by atoms with van der Waals surface area (Å²) in [6, 6.07) is 18.6. The molecule has 1 atom stereocenters. The number of anilines is 3. The van der Waals surface area contributed by atoms with Gasteiger partial charge in [-0.15, -0.1) is 0 Å². The second kappa shape index (κ2) is 8.95. The van der Waals surface area contributed by atoms with Gasteiger partial charge >= 0.3 is 0 Å². The Bertz CT molecular complexity index is 1000. The van der Waals surface area contributed by atoms with Gasteiger partial charge in [0.2, 0.25) is 11.9 Å². The summed E-state index contributed by atoms with van der Waals surface area (Å²) >= 11 is 0. The number of carbonyl (C=O) groups excluding carboxylic acids is 1. The zero-order valence-electron chi connectivity index (χ0n) is 17.2. The average molecular weight is 402 g/mol. The Morgan fingerprint density at radius 3 is 2.57 bits per heavy atom. The fraction of sp³-hybridized carbons (Fsp3) is 0.292. The Morgan fingerprint density at radius 2 is 1.87 bits per heavy atom. The number of nitrogens with zero attached hydrogens (tertiary/aromatic N) is 3. The normalized spacial score (nSPS) is 16.3. The van der Waals surface area contributed by atoms with E-state index < -0.39 is 0 Å². The maximum absolute atomic E-state index is 11.1. The highest BCUT2D eigenvalue weighted by Gasteiger charge is 2.18. The Kier molecular flexibility index (Phi) is 5.93. The Labute approximate surface area is 177 Å². The van der Waals surface area contributed by atoms with Crippen molar-refractivity contribution >= 4 is 23.2 Å². The quantitative estimate of drug-likeness (QED) is 0.644. The number of rotatable bonds is 6. The summed E-state index contributed by atoms with van der Waals surface area (Å²) in [6.07, 6.45) is 5.81. The Morgan fingerprint density at radius 1 is 1.10 bits per heavy atom. The van der Waals surface area contributed by atoms with Gasteiger partial charge in [0.25, 0.3) is 0 Å². The van der Waals surface area contributed by atoms with Crippen LogP contribution >= 0.6 is 0 Å². The van der Waals surface area contributed by atoms with Crippen LogP contribution in [0, 0.1) is 0 Å². The molecule has 1 unspecified atom stereocenters. The first-order valence-electron chi connectivity index (χ1n) is 10.4. The lowest BCUT2D eigenvalue weighted by Gasteiger charge is -2.35. The van der Waals surface area contributed by atoms with Crippen LogP contribution in [-0.2, 0) is 11.2 Å². The van der Waals surface area contributed by atoms with Gasteiger partial charge in [-0.25, -0.2) is 9.97 Å². The molecule has 154 valence electrons. The second-order valence-electron chi connectivity index (χ2n) is 7.82. The minimum absolute atomic E-state index is 0.239. The predicted octanol–water partition coefficient (Wildman–Crippen LogP) is 4.29. The lowest BCUT2D eigenvalue weighted by molar-refractivity contribution is -0.117. The first kappa shape index (κ1) is 19.9. The number of aromatic nitrogens is 2. The molecule has 30 heavy (non-hydrogen) atoms. The van der Waals surface area contributed by atoms with E-state index in [0.717, 1.165) is 29.1 Å². The highest BCUT2D eigenvalue weighted by molar-refractivity contribution is 5.77. The molecule has 0 radical (unpaired) electrons. The molecule has 6 nitrogen and oxygen atoms in total. The summed E-state index contributed by atoms with van der Waals surface area (Å²) in [6.45, 7) is 3.42. The SMILES string of the molecule is CC1CCCCN1c1ccc(Nc2nccc(-c3ccc(CC(N)=O)cc3)n2)cc1. The third kappa shape index (κ3) is 4.76. The molecule has 1 aliphatic rings. The molecular weight excluding hydrogens is 374 g/mol. The molecule has 1 fully saturated rings. The van der Waals surface area contributed by atoms with E-state index in [0.29, 0.717) is 12.0 Å². The number of benzene rings is 2. The first-order chi connectivity index (χ1) is 14.6. The minimum atomic E-state index is -0.336. The fourth-order valence-corrected chi connectivity index (χ4v) is 3.92. The summed E-state index contributed by atoms with van der Waals surface area (Å²) in [5.74, 6) is 0.213. The molecule has 4 rings (SSSR count). The van der Waals surface area contributed by atoms with Gasteiger partial charge in [0.1, 0.15) is 0 Å². The van der Waals surface area contributed by atoms with Crippen LogP contribution in [0.5, 0.6) is 0 Å². The minimum Gasteiger partial charge on any atom is -0.369 e. The van der Waals surface area contributed by atoms with E-state index in [4.69, 9.17) is 5.73 Å². The summed E-state index contributed by atoms with van der Waals surface area (Å²) in [4.78, 5) is 22.5. The van der Waals surface area contributed by atoms with Crippen molar-refractivity contribution < 1.29 is 4.79 Å². The molecule has 1 aliphatic heterocycles. The van der Waals surface area contributed by atoms with Gasteiger partial charge in [0.05, 0.1) is 12.1 Å². The smallest absolute Gasteiger partial charge is 0.227 e. The molecule has 2 heterocycles. The van der Waals surface area contributed by atoms with E-state index >= 15 is 0 Å². The number of nitrogens with two attached hydrogens (primary N) is 1. The summed E-state index contributed by atoms with van der Waals surface area (Å²) < 4.78 is 0. The molecule has 2 aromatic carbocycles. The van der Waals surface area contributed by atoms with Crippen molar-refractivity contribution in [1.82, 2.24) is 9.97 Å². The number of carbonyl (C=O) groups is 1. The van der Waals surface area contributed by atoms with Crippen molar-refractivity contribution in [1.29, 1.82) is 0 Å². The molecule has 0 bridgehead atoms. The molecule has 0 saturated carbocycles. The molecule has 1 aromatic heterocycles. The van der Waals surface area contributed by atoms with E-state index in [1.807, 2.05) is 30.3 Å². The van der Waals surface area contributed by atoms with Crippen molar-refractivity contribution in [2.75, 3.05) is 16.8 Å². The van der Waals surface area contributed by atoms with Crippen LogP contribution in [-0.4, -0.2) is 28.5 Å². The number of amides is 1. The highest BCUT2D eigenvalue weighted by Crippen LogP contribution is 2.27. The van der Waals surface area contributed by atoms with Gasteiger partial charge in [0.15, 0.2) is 0 Å². The number of piperidine rings is 1. The van der Waals surface area contributed by atoms with Crippen LogP contribution in [0.1, 0.15) is 31.7 Å². The predicted molar refractivity (Wildman–Crippen MR) is 121 cm³/mol. The topological polar surface area (TPSA) is 84.1 Å². The van der Waals surface area contributed by atoms with Crippen LogP contribution in [0.2, 0.25) is 0 Å². The first-order valence-corrected chi connectivity index (χ1v) is 10.4. The number of hydrogen-bond acceptors (Lipinski definition) is 5. The van der Waals surface area contributed by atoms with Gasteiger partial charge in [-0.1, -0.05) is 24.3 Å². The maximum atomic E-state index is 11.1. The summed E-state index contributed by atoms with van der Waals surface area (Å²) in [7, 11) is 0. The van der Waals surface area contributed by atoms with E-state index in [9.17, 15) is 4.79 Å². The lowest BCUT2D eigenvalue weighted by Crippen LogP contribution is -2.37. The zero-order chi connectivity index (χ0) is 20.9. The van der Waals surface area contributed by atoms with E-state index in [1.54, 1.807) is 6.20 Å². The van der Waals surface area contributed by atoms with E-state index in [2.05, 4.69) is 51.4 Å². The van der Waals surface area contributed by atoms with E-state index in [-0.39, 0.29) is 12.3 Å². The second-order valence-corrected chi connectivity index (χ2v) is 7.82. The molecule has 1 amide bonds. The Hall–Kier alpha value is -3.41. The van der Waals surface area contributed by atoms with Crippen molar-refractivity contribution in [3.8, 4) is 11.3 Å². The number of nitrogens with one attached hydrogen (secondary N) is 1. The van der Waals surface area contributed by atoms with Crippen LogP contribution in [0.25, 0.3) is 11.3 Å². The van der Waals surface area contributed by atoms with Crippen molar-refractivity contribution in [2.24, 2.45) is 5.73 Å². The molecule has 3 N–H and O–H groups in total. The molecule has 3 aromatic rings. The third-order valence-corrected chi connectivity index (χ3v) is 5.54. The van der Waals surface area contributed by atoms with Gasteiger partial charge in [-0.2, -0.15) is 0 Å². The van der Waals surface area contributed by atoms with Crippen LogP contribution in [0.15, 0.2) is 60.8 Å². The van der Waals surface area contributed by atoms with Crippen LogP contribution in [0.3, 0.4) is 0 Å². The Balaban J connectivity index is 1.46. The molecule has 0 spiro atoms. The zero-order valence-corrected chi connectivity index (χ0v) is 17.2. The monoisotopic (exact) mass is 401 g/mol. The fourth-order valence-electron chi connectivity index (χ4n) is 3.92. The standard InChI is InChI=1S/C24H27N5O/c1-17-4-2-3-15-29(17)21-11-9-20(10-12-21)27-24-26-14-13-22(28-24)19-7-5-18(6-8-19)16-23(25)30/h5-14,17H,2-4,15-16H2,1H3,(H2,25,30)(H,26,27,28). The third-order valence-electron chi connectivity index (χ3n) is 5.54. The van der Waals surface area contributed by atoms with Crippen LogP contribution < -0.4 is 16.0 Å². The van der Waals surface area contributed by atoms with Gasteiger partial charge in [-0.05, 0) is 62.1 Å². The largest absolute Gasteiger partial charge is 0.369 e. The maximum Gasteiger partial charge on any atom is 0.227 e. The molecule has 6 heteroatoms. The van der Waals surface area contributed by atoms with E-state index in [1.165, 1.54) is 24.9 Å². The van der Waals surface area contributed by atoms with Crippen molar-refractivity contribution in [2.45, 2.75) is 38.6 Å². The summed E-state index contributed by atoms with van der Waals surface area (Å²) in [5.41, 5.74) is 10.1.